The van der Waals surface area contributed by atoms with Crippen LogP contribution < -0.4 is 10.6 Å². The molecule has 0 aliphatic heterocycles. The van der Waals surface area contributed by atoms with Crippen molar-refractivity contribution in [3.63, 3.8) is 0 Å². The number of thioether (sulfide) groups is 1. The van der Waals surface area contributed by atoms with Crippen molar-refractivity contribution in [3.8, 4) is 0 Å². The molecule has 1 aromatic heterocycles. The first kappa shape index (κ1) is 21.6. The minimum Gasteiger partial charge on any atom is -0.326 e. The quantitative estimate of drug-likeness (QED) is 0.539. The molecule has 8 heteroatoms. The van der Waals surface area contributed by atoms with Gasteiger partial charge in [0, 0.05) is 31.3 Å². The third-order valence-electron chi connectivity index (χ3n) is 4.59. The van der Waals surface area contributed by atoms with E-state index in [4.69, 9.17) is 0 Å². The van der Waals surface area contributed by atoms with Gasteiger partial charge in [-0.05, 0) is 37.6 Å². The number of aromatic nitrogens is 3. The van der Waals surface area contributed by atoms with Gasteiger partial charge in [0.1, 0.15) is 5.82 Å². The molecular formula is C22H25N5O2S. The zero-order chi connectivity index (χ0) is 21.5. The Morgan fingerprint density at radius 3 is 2.43 bits per heavy atom. The molecule has 2 N–H and O–H groups in total. The summed E-state index contributed by atoms with van der Waals surface area (Å²) in [6, 6.07) is 15.3. The molecule has 1 heterocycles. The molecule has 0 unspecified atom stereocenters. The summed E-state index contributed by atoms with van der Waals surface area (Å²) in [5.41, 5.74) is 3.74. The highest BCUT2D eigenvalue weighted by molar-refractivity contribution is 7.99. The topological polar surface area (TPSA) is 88.9 Å². The Bertz CT molecular complexity index is 1030. The average molecular weight is 424 g/mol. The fourth-order valence-electron chi connectivity index (χ4n) is 2.80. The summed E-state index contributed by atoms with van der Waals surface area (Å²) in [5, 5.41) is 14.7. The van der Waals surface area contributed by atoms with E-state index in [1.54, 1.807) is 0 Å². The summed E-state index contributed by atoms with van der Waals surface area (Å²) in [4.78, 5) is 24.4. The van der Waals surface area contributed by atoms with Gasteiger partial charge in [0.05, 0.1) is 5.75 Å². The van der Waals surface area contributed by atoms with Crippen LogP contribution in [0.5, 0.6) is 0 Å². The molecule has 0 aliphatic carbocycles. The highest BCUT2D eigenvalue weighted by Gasteiger charge is 2.13. The third kappa shape index (κ3) is 5.93. The third-order valence-corrected chi connectivity index (χ3v) is 5.61. The number of carbonyl (C=O) groups is 2. The van der Waals surface area contributed by atoms with Gasteiger partial charge < -0.3 is 15.2 Å². The van der Waals surface area contributed by atoms with E-state index >= 15 is 0 Å². The van der Waals surface area contributed by atoms with Gasteiger partial charge in [0.2, 0.25) is 11.8 Å². The van der Waals surface area contributed by atoms with Crippen LogP contribution in [0, 0.1) is 13.8 Å². The molecule has 3 aromatic rings. The molecule has 2 aromatic carbocycles. The number of carbonyl (C=O) groups excluding carboxylic acids is 2. The minimum atomic E-state index is -0.101. The monoisotopic (exact) mass is 423 g/mol. The Kier molecular flexibility index (Phi) is 7.24. The lowest BCUT2D eigenvalue weighted by Crippen LogP contribution is -2.15. The van der Waals surface area contributed by atoms with Gasteiger partial charge in [0.15, 0.2) is 5.16 Å². The van der Waals surface area contributed by atoms with E-state index in [0.717, 1.165) is 22.5 Å². The highest BCUT2D eigenvalue weighted by Crippen LogP contribution is 2.18. The molecule has 0 fully saturated rings. The van der Waals surface area contributed by atoms with E-state index in [0.29, 0.717) is 23.8 Å². The van der Waals surface area contributed by atoms with Crippen LogP contribution in [0.25, 0.3) is 0 Å². The summed E-state index contributed by atoms with van der Waals surface area (Å²) < 4.78 is 1.82. The fourth-order valence-corrected chi connectivity index (χ4v) is 3.53. The summed E-state index contributed by atoms with van der Waals surface area (Å²) >= 11 is 1.32. The highest BCUT2D eigenvalue weighted by atomic mass is 32.2. The molecule has 30 heavy (non-hydrogen) atoms. The lowest BCUT2D eigenvalue weighted by atomic mass is 10.2. The number of nitrogens with zero attached hydrogens (tertiary/aromatic N) is 3. The molecule has 0 bridgehead atoms. The van der Waals surface area contributed by atoms with E-state index in [2.05, 4.69) is 20.8 Å². The van der Waals surface area contributed by atoms with Crippen molar-refractivity contribution in [1.29, 1.82) is 0 Å². The van der Waals surface area contributed by atoms with Crippen LogP contribution in [0.2, 0.25) is 0 Å². The van der Waals surface area contributed by atoms with E-state index < -0.39 is 0 Å². The van der Waals surface area contributed by atoms with E-state index in [1.807, 2.05) is 74.0 Å². The Morgan fingerprint density at radius 1 is 0.967 bits per heavy atom. The number of anilines is 2. The smallest absolute Gasteiger partial charge is 0.234 e. The van der Waals surface area contributed by atoms with Gasteiger partial charge >= 0.3 is 0 Å². The van der Waals surface area contributed by atoms with Crippen LogP contribution in [0.1, 0.15) is 23.4 Å². The molecule has 7 nitrogen and oxygen atoms in total. The lowest BCUT2D eigenvalue weighted by Gasteiger charge is -2.08. The number of hydrogen-bond donors (Lipinski definition) is 2. The predicted molar refractivity (Wildman–Crippen MR) is 120 cm³/mol. The predicted octanol–water partition coefficient (Wildman–Crippen LogP) is 3.73. The van der Waals surface area contributed by atoms with Gasteiger partial charge in [0.25, 0.3) is 0 Å². The van der Waals surface area contributed by atoms with Gasteiger partial charge in [-0.1, -0.05) is 47.7 Å². The molecule has 0 atom stereocenters. The largest absolute Gasteiger partial charge is 0.326 e. The number of benzene rings is 2. The van der Waals surface area contributed by atoms with Crippen molar-refractivity contribution in [1.82, 2.24) is 14.8 Å². The Morgan fingerprint density at radius 2 is 1.70 bits per heavy atom. The number of rotatable bonds is 8. The zero-order valence-electron chi connectivity index (χ0n) is 17.3. The molecule has 3 rings (SSSR count). The van der Waals surface area contributed by atoms with Gasteiger partial charge in [-0.25, -0.2) is 0 Å². The van der Waals surface area contributed by atoms with E-state index in [1.165, 1.54) is 11.8 Å². The fraction of sp³-hybridized carbons (Fsp3) is 0.273. The maximum absolute atomic E-state index is 12.2. The Labute approximate surface area is 180 Å². The lowest BCUT2D eigenvalue weighted by molar-refractivity contribution is -0.116. The first-order chi connectivity index (χ1) is 14.4. The number of nitrogens with one attached hydrogen (secondary N) is 2. The van der Waals surface area contributed by atoms with Crippen LogP contribution in [0.15, 0.2) is 53.7 Å². The average Bonchev–Trinajstić information content (AvgIpc) is 3.08. The van der Waals surface area contributed by atoms with Crippen molar-refractivity contribution in [2.24, 2.45) is 7.05 Å². The van der Waals surface area contributed by atoms with Crippen molar-refractivity contribution in [2.75, 3.05) is 16.4 Å². The Balaban J connectivity index is 1.48. The number of para-hydroxylation sites is 1. The number of hydrogen-bond acceptors (Lipinski definition) is 5. The van der Waals surface area contributed by atoms with E-state index in [9.17, 15) is 9.59 Å². The Hall–Kier alpha value is -3.13. The molecule has 0 saturated heterocycles. The van der Waals surface area contributed by atoms with Crippen molar-refractivity contribution in [3.05, 3.63) is 65.5 Å². The summed E-state index contributed by atoms with van der Waals surface area (Å²) in [6.45, 7) is 3.95. The van der Waals surface area contributed by atoms with Crippen molar-refractivity contribution < 1.29 is 9.59 Å². The van der Waals surface area contributed by atoms with E-state index in [-0.39, 0.29) is 17.6 Å². The molecule has 0 aliphatic rings. The van der Waals surface area contributed by atoms with Crippen LogP contribution in [0.4, 0.5) is 11.4 Å². The number of aryl methyl sites for hydroxylation is 3. The van der Waals surface area contributed by atoms with Crippen LogP contribution in [-0.4, -0.2) is 32.3 Å². The van der Waals surface area contributed by atoms with Crippen LogP contribution in [-0.2, 0) is 23.1 Å². The van der Waals surface area contributed by atoms with Gasteiger partial charge in [-0.15, -0.1) is 10.2 Å². The number of amides is 2. The zero-order valence-corrected chi connectivity index (χ0v) is 18.1. The minimum absolute atomic E-state index is 0.0753. The second-order valence-electron chi connectivity index (χ2n) is 7.02. The molecule has 0 saturated carbocycles. The standard InChI is InChI=1S/C22H25N5O2S/c1-15-8-10-17(11-9-15)23-20(28)13-12-19-25-26-22(27(19)3)30-14-21(29)24-18-7-5-4-6-16(18)2/h4-11H,12-14H2,1-3H3,(H,23,28)(H,24,29). The SMILES string of the molecule is Cc1ccc(NC(=O)CCc2nnc(SCC(=O)Nc3ccccc3C)n2C)cc1. The second-order valence-corrected chi connectivity index (χ2v) is 7.97. The van der Waals surface area contributed by atoms with Crippen LogP contribution in [0.3, 0.4) is 0 Å². The second kappa shape index (κ2) is 10.1. The first-order valence-electron chi connectivity index (χ1n) is 9.65. The van der Waals surface area contributed by atoms with Crippen molar-refractivity contribution >= 4 is 35.0 Å². The van der Waals surface area contributed by atoms with Gasteiger partial charge in [-0.3, -0.25) is 9.59 Å². The first-order valence-corrected chi connectivity index (χ1v) is 10.6. The molecule has 0 radical (unpaired) electrons. The molecule has 0 spiro atoms. The molecular weight excluding hydrogens is 398 g/mol. The summed E-state index contributed by atoms with van der Waals surface area (Å²) in [6.07, 6.45) is 0.773. The van der Waals surface area contributed by atoms with Crippen LogP contribution >= 0.6 is 11.8 Å². The maximum Gasteiger partial charge on any atom is 0.234 e. The summed E-state index contributed by atoms with van der Waals surface area (Å²) in [7, 11) is 1.84. The maximum atomic E-state index is 12.2. The molecule has 2 amide bonds. The summed E-state index contributed by atoms with van der Waals surface area (Å²) in [5.74, 6) is 0.759. The normalized spacial score (nSPS) is 10.6. The molecule has 156 valence electrons. The van der Waals surface area contributed by atoms with Crippen molar-refractivity contribution in [2.45, 2.75) is 31.8 Å². The van der Waals surface area contributed by atoms with Gasteiger partial charge in [-0.2, -0.15) is 0 Å².